The summed E-state index contributed by atoms with van der Waals surface area (Å²) in [6, 6.07) is 6.98. The summed E-state index contributed by atoms with van der Waals surface area (Å²) < 4.78 is 81.0. The summed E-state index contributed by atoms with van der Waals surface area (Å²) >= 11 is 1.47. The third kappa shape index (κ3) is 4.54. The first-order valence-electron chi connectivity index (χ1n) is 10.2. The average Bonchev–Trinajstić information content (AvgIpc) is 3.33. The van der Waals surface area contributed by atoms with Crippen molar-refractivity contribution in [2.24, 2.45) is 0 Å². The molecule has 3 heterocycles. The lowest BCUT2D eigenvalue weighted by atomic mass is 10.1. The van der Waals surface area contributed by atoms with Crippen LogP contribution in [0.1, 0.15) is 22.9 Å². The molecule has 1 atom stereocenters. The number of nitriles is 1. The van der Waals surface area contributed by atoms with Gasteiger partial charge in [-0.05, 0) is 56.7 Å². The Morgan fingerprint density at radius 2 is 1.91 bits per heavy atom. The highest BCUT2D eigenvalue weighted by atomic mass is 32.2. The second-order valence-electron chi connectivity index (χ2n) is 7.97. The number of sulfonamides is 1. The number of pyridine rings is 1. The smallest absolute Gasteiger partial charge is 0.306 e. The molecule has 1 N–H and O–H groups in total. The number of hydrogen-bond donors (Lipinski definition) is 1. The molecular weight excluding hydrogens is 504 g/mol. The molecule has 6 nitrogen and oxygen atoms in total. The fourth-order valence-electron chi connectivity index (χ4n) is 3.63. The van der Waals surface area contributed by atoms with Gasteiger partial charge in [0.15, 0.2) is 0 Å². The van der Waals surface area contributed by atoms with Gasteiger partial charge in [0.1, 0.15) is 22.8 Å². The summed E-state index contributed by atoms with van der Waals surface area (Å²) in [7, 11) is -4.50. The molecular formula is C23H18F4N4O2S2. The van der Waals surface area contributed by atoms with Gasteiger partial charge in [-0.25, -0.2) is 12.8 Å². The fourth-order valence-corrected chi connectivity index (χ4v) is 5.47. The Hall–Kier alpha value is -3.27. The standard InChI is InChI=1S/C23H18F4N4O2S2/c1-12-6-21-17(8-19(12)24)18(9-28)22(31(21)15-7-13(2)34-11-15)20-5-4-16(10-29-20)35(32,33)30-14(3)23(25,26)27/h4-8,10-11,14,30H,1-3H3/t14-/m0/s1. The van der Waals surface area contributed by atoms with E-state index in [2.05, 4.69) is 11.1 Å². The molecule has 0 unspecified atom stereocenters. The van der Waals surface area contributed by atoms with Crippen molar-refractivity contribution in [3.8, 4) is 23.1 Å². The summed E-state index contributed by atoms with van der Waals surface area (Å²) in [4.78, 5) is 4.69. The monoisotopic (exact) mass is 522 g/mol. The Morgan fingerprint density at radius 3 is 2.46 bits per heavy atom. The number of nitrogens with zero attached hydrogens (tertiary/aromatic N) is 3. The van der Waals surface area contributed by atoms with E-state index in [9.17, 15) is 31.2 Å². The lowest BCUT2D eigenvalue weighted by Crippen LogP contribution is -2.42. The summed E-state index contributed by atoms with van der Waals surface area (Å²) in [6.45, 7) is 4.20. The van der Waals surface area contributed by atoms with Crippen molar-refractivity contribution >= 4 is 32.3 Å². The number of halogens is 4. The highest BCUT2D eigenvalue weighted by Gasteiger charge is 2.39. The van der Waals surface area contributed by atoms with E-state index in [0.717, 1.165) is 17.1 Å². The van der Waals surface area contributed by atoms with Crippen LogP contribution in [0.15, 0.2) is 46.8 Å². The molecule has 0 saturated carbocycles. The molecule has 12 heteroatoms. The molecule has 0 bridgehead atoms. The molecule has 0 aliphatic heterocycles. The minimum atomic E-state index is -4.75. The molecule has 0 spiro atoms. The number of alkyl halides is 3. The van der Waals surface area contributed by atoms with Crippen molar-refractivity contribution in [1.29, 1.82) is 5.26 Å². The molecule has 0 aliphatic carbocycles. The number of thiophene rings is 1. The Balaban J connectivity index is 1.90. The van der Waals surface area contributed by atoms with Crippen molar-refractivity contribution in [2.75, 3.05) is 0 Å². The van der Waals surface area contributed by atoms with E-state index in [1.54, 1.807) is 22.3 Å². The number of aromatic nitrogens is 2. The summed E-state index contributed by atoms with van der Waals surface area (Å²) in [5.74, 6) is -0.488. The first kappa shape index (κ1) is 24.8. The van der Waals surface area contributed by atoms with Gasteiger partial charge in [0, 0.05) is 21.8 Å². The molecule has 4 aromatic rings. The van der Waals surface area contributed by atoms with Crippen LogP contribution in [-0.2, 0) is 10.0 Å². The predicted molar refractivity (Wildman–Crippen MR) is 124 cm³/mol. The van der Waals surface area contributed by atoms with Crippen molar-refractivity contribution in [3.63, 3.8) is 0 Å². The predicted octanol–water partition coefficient (Wildman–Crippen LogP) is 5.61. The van der Waals surface area contributed by atoms with E-state index in [1.807, 2.05) is 18.4 Å². The number of nitrogens with one attached hydrogen (secondary N) is 1. The van der Waals surface area contributed by atoms with E-state index in [4.69, 9.17) is 0 Å². The first-order chi connectivity index (χ1) is 16.3. The summed E-state index contributed by atoms with van der Waals surface area (Å²) in [6.07, 6.45) is -3.83. The largest absolute Gasteiger partial charge is 0.404 e. The SMILES string of the molecule is Cc1cc(-n2c(-c3ccc(S(=O)(=O)N[C@@H](C)C(F)(F)F)cn3)c(C#N)c3cc(F)c(C)cc32)cs1. The van der Waals surface area contributed by atoms with Gasteiger partial charge in [-0.3, -0.25) is 4.98 Å². The van der Waals surface area contributed by atoms with Crippen LogP contribution in [-0.4, -0.2) is 30.2 Å². The van der Waals surface area contributed by atoms with E-state index >= 15 is 0 Å². The van der Waals surface area contributed by atoms with E-state index in [0.29, 0.717) is 34.8 Å². The minimum absolute atomic E-state index is 0.134. The minimum Gasteiger partial charge on any atom is -0.306 e. The molecule has 1 aromatic carbocycles. The van der Waals surface area contributed by atoms with Crippen LogP contribution >= 0.6 is 11.3 Å². The average molecular weight is 523 g/mol. The molecule has 0 fully saturated rings. The van der Waals surface area contributed by atoms with Gasteiger partial charge in [0.05, 0.1) is 28.2 Å². The molecule has 0 amide bonds. The Bertz CT molecular complexity index is 1580. The van der Waals surface area contributed by atoms with Crippen molar-refractivity contribution in [1.82, 2.24) is 14.3 Å². The van der Waals surface area contributed by atoms with Crippen molar-refractivity contribution in [2.45, 2.75) is 37.9 Å². The lowest BCUT2D eigenvalue weighted by Gasteiger charge is -2.17. The highest BCUT2D eigenvalue weighted by Crippen LogP contribution is 2.37. The van der Waals surface area contributed by atoms with E-state index in [1.165, 1.54) is 23.5 Å². The topological polar surface area (TPSA) is 87.8 Å². The molecule has 4 rings (SSSR count). The number of rotatable bonds is 5. The number of fused-ring (bicyclic) bond motifs is 1. The van der Waals surface area contributed by atoms with Gasteiger partial charge in [0.25, 0.3) is 0 Å². The van der Waals surface area contributed by atoms with Crippen LogP contribution in [0.5, 0.6) is 0 Å². The maximum absolute atomic E-state index is 14.4. The normalized spacial score (nSPS) is 13.2. The Morgan fingerprint density at radius 1 is 1.20 bits per heavy atom. The van der Waals surface area contributed by atoms with E-state index < -0.39 is 33.0 Å². The zero-order valence-electron chi connectivity index (χ0n) is 18.6. The Labute approximate surface area is 202 Å². The number of aryl methyl sites for hydroxylation is 2. The van der Waals surface area contributed by atoms with Crippen LogP contribution in [0.3, 0.4) is 0 Å². The molecule has 182 valence electrons. The highest BCUT2D eigenvalue weighted by molar-refractivity contribution is 7.89. The third-order valence-corrected chi connectivity index (χ3v) is 7.82. The van der Waals surface area contributed by atoms with E-state index in [-0.39, 0.29) is 11.3 Å². The van der Waals surface area contributed by atoms with Crippen LogP contribution in [0, 0.1) is 31.0 Å². The van der Waals surface area contributed by atoms with Crippen LogP contribution in [0.4, 0.5) is 17.6 Å². The van der Waals surface area contributed by atoms with Gasteiger partial charge in [0.2, 0.25) is 10.0 Å². The quantitative estimate of drug-likeness (QED) is 0.345. The summed E-state index contributed by atoms with van der Waals surface area (Å²) in [5.41, 5.74) is 2.29. The second kappa shape index (κ2) is 8.75. The summed E-state index contributed by atoms with van der Waals surface area (Å²) in [5, 5.41) is 12.2. The fraction of sp³-hybridized carbons (Fsp3) is 0.217. The zero-order chi connectivity index (χ0) is 25.7. The van der Waals surface area contributed by atoms with Gasteiger partial charge in [-0.2, -0.15) is 23.2 Å². The third-order valence-electron chi connectivity index (χ3n) is 5.45. The number of benzene rings is 1. The van der Waals surface area contributed by atoms with Crippen LogP contribution in [0.25, 0.3) is 28.0 Å². The van der Waals surface area contributed by atoms with Crippen LogP contribution < -0.4 is 4.72 Å². The Kier molecular flexibility index (Phi) is 6.21. The molecule has 0 aliphatic rings. The van der Waals surface area contributed by atoms with Crippen molar-refractivity contribution in [3.05, 3.63) is 63.7 Å². The van der Waals surface area contributed by atoms with Gasteiger partial charge < -0.3 is 4.57 Å². The second-order valence-corrected chi connectivity index (χ2v) is 10.8. The van der Waals surface area contributed by atoms with Gasteiger partial charge in [-0.15, -0.1) is 11.3 Å². The van der Waals surface area contributed by atoms with Gasteiger partial charge >= 0.3 is 6.18 Å². The maximum Gasteiger partial charge on any atom is 0.404 e. The first-order valence-corrected chi connectivity index (χ1v) is 12.6. The molecule has 35 heavy (non-hydrogen) atoms. The number of hydrogen-bond acceptors (Lipinski definition) is 5. The van der Waals surface area contributed by atoms with Crippen LogP contribution in [0.2, 0.25) is 0 Å². The lowest BCUT2D eigenvalue weighted by molar-refractivity contribution is -0.147. The van der Waals surface area contributed by atoms with Gasteiger partial charge in [-0.1, -0.05) is 0 Å². The van der Waals surface area contributed by atoms with Crippen molar-refractivity contribution < 1.29 is 26.0 Å². The zero-order valence-corrected chi connectivity index (χ0v) is 20.2. The molecule has 0 radical (unpaired) electrons. The molecule has 0 saturated heterocycles. The maximum atomic E-state index is 14.4. The molecule has 3 aromatic heterocycles.